The molecule has 0 bridgehead atoms. The number of ether oxygens (including phenoxy) is 2. The molecule has 13 heavy (non-hydrogen) atoms. The Kier molecular flexibility index (Phi) is 3.69. The van der Waals surface area contributed by atoms with E-state index in [4.69, 9.17) is 9.47 Å². The lowest BCUT2D eigenvalue weighted by Gasteiger charge is -2.24. The maximum absolute atomic E-state index is 11.5. The van der Waals surface area contributed by atoms with Crippen molar-refractivity contribution in [3.63, 3.8) is 0 Å². The molecule has 1 atom stereocenters. The molecule has 0 aromatic rings. The van der Waals surface area contributed by atoms with E-state index in [2.05, 4.69) is 5.32 Å². The summed E-state index contributed by atoms with van der Waals surface area (Å²) in [7, 11) is 3.09. The highest BCUT2D eigenvalue weighted by Gasteiger charge is 2.41. The molecule has 0 spiro atoms. The molecule has 1 rings (SSSR count). The van der Waals surface area contributed by atoms with Crippen LogP contribution in [0.5, 0.6) is 0 Å². The third-order valence-electron chi connectivity index (χ3n) is 2.65. The van der Waals surface area contributed by atoms with Gasteiger partial charge in [-0.15, -0.1) is 0 Å². The highest BCUT2D eigenvalue weighted by molar-refractivity contribution is 5.77. The maximum Gasteiger partial charge on any atom is 0.313 e. The lowest BCUT2D eigenvalue weighted by atomic mass is 9.84. The molecule has 1 N–H and O–H groups in total. The lowest BCUT2D eigenvalue weighted by Crippen LogP contribution is -2.35. The van der Waals surface area contributed by atoms with Crippen molar-refractivity contribution in [2.24, 2.45) is 5.41 Å². The summed E-state index contributed by atoms with van der Waals surface area (Å²) < 4.78 is 9.79. The molecule has 0 amide bonds. The fourth-order valence-electron chi connectivity index (χ4n) is 1.75. The molecule has 0 unspecified atom stereocenters. The summed E-state index contributed by atoms with van der Waals surface area (Å²) in [5.41, 5.74) is -0.342. The zero-order chi connectivity index (χ0) is 9.73. The van der Waals surface area contributed by atoms with Gasteiger partial charge in [-0.2, -0.15) is 0 Å². The SMILES string of the molecule is COCC[C@@]1(C(=O)OC)CCNC1. The highest BCUT2D eigenvalue weighted by atomic mass is 16.5. The summed E-state index contributed by atoms with van der Waals surface area (Å²) in [6.45, 7) is 2.21. The second kappa shape index (κ2) is 4.58. The summed E-state index contributed by atoms with van der Waals surface area (Å²) in [5, 5.41) is 3.18. The summed E-state index contributed by atoms with van der Waals surface area (Å²) in [5.74, 6) is -0.116. The first-order valence-electron chi connectivity index (χ1n) is 4.53. The number of nitrogens with one attached hydrogen (secondary N) is 1. The third kappa shape index (κ3) is 2.19. The van der Waals surface area contributed by atoms with E-state index in [9.17, 15) is 4.79 Å². The van der Waals surface area contributed by atoms with Crippen LogP contribution in [0.3, 0.4) is 0 Å². The first-order valence-corrected chi connectivity index (χ1v) is 4.53. The van der Waals surface area contributed by atoms with E-state index < -0.39 is 0 Å². The van der Waals surface area contributed by atoms with E-state index in [0.29, 0.717) is 13.2 Å². The van der Waals surface area contributed by atoms with Crippen LogP contribution >= 0.6 is 0 Å². The van der Waals surface area contributed by atoms with Crippen LogP contribution in [0.2, 0.25) is 0 Å². The average Bonchev–Trinajstić information content (AvgIpc) is 2.63. The number of rotatable bonds is 4. The van der Waals surface area contributed by atoms with E-state index >= 15 is 0 Å². The largest absolute Gasteiger partial charge is 0.469 e. The van der Waals surface area contributed by atoms with E-state index in [0.717, 1.165) is 19.4 Å². The normalized spacial score (nSPS) is 27.5. The van der Waals surface area contributed by atoms with Crippen molar-refractivity contribution in [3.8, 4) is 0 Å². The summed E-state index contributed by atoms with van der Waals surface area (Å²) in [6, 6.07) is 0. The van der Waals surface area contributed by atoms with E-state index in [1.54, 1.807) is 7.11 Å². The van der Waals surface area contributed by atoms with Crippen molar-refractivity contribution in [2.45, 2.75) is 12.8 Å². The Morgan fingerprint density at radius 1 is 1.54 bits per heavy atom. The van der Waals surface area contributed by atoms with E-state index in [-0.39, 0.29) is 11.4 Å². The first kappa shape index (κ1) is 10.5. The Morgan fingerprint density at radius 2 is 2.31 bits per heavy atom. The van der Waals surface area contributed by atoms with E-state index in [1.165, 1.54) is 7.11 Å². The van der Waals surface area contributed by atoms with Crippen molar-refractivity contribution in [3.05, 3.63) is 0 Å². The Bertz CT molecular complexity index is 176. The number of hydrogen-bond acceptors (Lipinski definition) is 4. The molecule has 1 aliphatic rings. The van der Waals surface area contributed by atoms with Crippen LogP contribution in [0.15, 0.2) is 0 Å². The zero-order valence-electron chi connectivity index (χ0n) is 8.26. The van der Waals surface area contributed by atoms with Gasteiger partial charge in [0.1, 0.15) is 0 Å². The minimum absolute atomic E-state index is 0.116. The fraction of sp³-hybridized carbons (Fsp3) is 0.889. The first-order chi connectivity index (χ1) is 6.25. The van der Waals surface area contributed by atoms with Crippen LogP contribution in [0.25, 0.3) is 0 Å². The van der Waals surface area contributed by atoms with Gasteiger partial charge in [-0.25, -0.2) is 0 Å². The molecular formula is C9H17NO3. The molecule has 0 aromatic carbocycles. The molecule has 1 saturated heterocycles. The van der Waals surface area contributed by atoms with Gasteiger partial charge in [-0.1, -0.05) is 0 Å². The molecule has 0 aliphatic carbocycles. The molecule has 4 nitrogen and oxygen atoms in total. The van der Waals surface area contributed by atoms with Gasteiger partial charge in [0.15, 0.2) is 0 Å². The van der Waals surface area contributed by atoms with Crippen molar-refractivity contribution in [1.82, 2.24) is 5.32 Å². The smallest absolute Gasteiger partial charge is 0.313 e. The molecule has 0 radical (unpaired) electrons. The van der Waals surface area contributed by atoms with Gasteiger partial charge in [0.2, 0.25) is 0 Å². The van der Waals surface area contributed by atoms with Crippen LogP contribution < -0.4 is 5.32 Å². The van der Waals surface area contributed by atoms with Gasteiger partial charge in [0.05, 0.1) is 12.5 Å². The maximum atomic E-state index is 11.5. The monoisotopic (exact) mass is 187 g/mol. The van der Waals surface area contributed by atoms with Crippen LogP contribution in [0.1, 0.15) is 12.8 Å². The molecular weight excluding hydrogens is 170 g/mol. The topological polar surface area (TPSA) is 47.6 Å². The number of carbonyl (C=O) groups is 1. The summed E-state index contributed by atoms with van der Waals surface area (Å²) in [6.07, 6.45) is 1.59. The summed E-state index contributed by atoms with van der Waals surface area (Å²) >= 11 is 0. The van der Waals surface area contributed by atoms with Crippen molar-refractivity contribution >= 4 is 5.97 Å². The fourth-order valence-corrected chi connectivity index (χ4v) is 1.75. The number of hydrogen-bond donors (Lipinski definition) is 1. The van der Waals surface area contributed by atoms with Crippen molar-refractivity contribution in [2.75, 3.05) is 33.9 Å². The van der Waals surface area contributed by atoms with E-state index in [1.807, 2.05) is 0 Å². The highest BCUT2D eigenvalue weighted by Crippen LogP contribution is 2.30. The van der Waals surface area contributed by atoms with Gasteiger partial charge >= 0.3 is 5.97 Å². The number of esters is 1. The Morgan fingerprint density at radius 3 is 2.77 bits per heavy atom. The molecule has 0 saturated carbocycles. The second-order valence-electron chi connectivity index (χ2n) is 3.44. The molecule has 1 fully saturated rings. The lowest BCUT2D eigenvalue weighted by molar-refractivity contribution is -0.152. The molecule has 1 heterocycles. The summed E-state index contributed by atoms with van der Waals surface area (Å²) in [4.78, 5) is 11.5. The van der Waals surface area contributed by atoms with Crippen LogP contribution in [0, 0.1) is 5.41 Å². The van der Waals surface area contributed by atoms with Gasteiger partial charge in [-0.3, -0.25) is 4.79 Å². The number of methoxy groups -OCH3 is 2. The van der Waals surface area contributed by atoms with Gasteiger partial charge in [-0.05, 0) is 19.4 Å². The molecule has 0 aromatic heterocycles. The zero-order valence-corrected chi connectivity index (χ0v) is 8.26. The third-order valence-corrected chi connectivity index (χ3v) is 2.65. The molecule has 1 aliphatic heterocycles. The van der Waals surface area contributed by atoms with Crippen molar-refractivity contribution in [1.29, 1.82) is 0 Å². The van der Waals surface area contributed by atoms with Gasteiger partial charge in [0, 0.05) is 20.3 Å². The Hall–Kier alpha value is -0.610. The number of carbonyl (C=O) groups excluding carboxylic acids is 1. The standard InChI is InChI=1S/C9H17NO3/c1-12-6-4-9(8(11)13-2)3-5-10-7-9/h10H,3-7H2,1-2H3/t9-/m0/s1. The van der Waals surface area contributed by atoms with Crippen LogP contribution in [0.4, 0.5) is 0 Å². The second-order valence-corrected chi connectivity index (χ2v) is 3.44. The van der Waals surface area contributed by atoms with Gasteiger partial charge in [0.25, 0.3) is 0 Å². The Labute approximate surface area is 78.6 Å². The molecule has 4 heteroatoms. The predicted octanol–water partition coefficient (Wildman–Crippen LogP) is 0.176. The van der Waals surface area contributed by atoms with Crippen LogP contribution in [-0.4, -0.2) is 39.9 Å². The van der Waals surface area contributed by atoms with Gasteiger partial charge < -0.3 is 14.8 Å². The Balaban J connectivity index is 2.57. The van der Waals surface area contributed by atoms with Crippen molar-refractivity contribution < 1.29 is 14.3 Å². The molecule has 76 valence electrons. The van der Waals surface area contributed by atoms with Crippen LogP contribution in [-0.2, 0) is 14.3 Å². The quantitative estimate of drug-likeness (QED) is 0.638. The minimum Gasteiger partial charge on any atom is -0.469 e. The predicted molar refractivity (Wildman–Crippen MR) is 48.4 cm³/mol. The minimum atomic E-state index is -0.342. The average molecular weight is 187 g/mol.